The minimum absolute atomic E-state index is 0.0981. The van der Waals surface area contributed by atoms with Gasteiger partial charge in [0, 0.05) is 12.8 Å². The van der Waals surface area contributed by atoms with Gasteiger partial charge in [-0.1, -0.05) is 0 Å². The van der Waals surface area contributed by atoms with Crippen molar-refractivity contribution < 1.29 is 19.1 Å². The van der Waals surface area contributed by atoms with Gasteiger partial charge in [0.2, 0.25) is 0 Å². The van der Waals surface area contributed by atoms with E-state index in [1.54, 1.807) is 0 Å². The highest BCUT2D eigenvalue weighted by Crippen LogP contribution is 2.40. The van der Waals surface area contributed by atoms with Crippen LogP contribution in [0.5, 0.6) is 0 Å². The molecule has 0 spiro atoms. The second kappa shape index (κ2) is 3.69. The van der Waals surface area contributed by atoms with E-state index in [2.05, 4.69) is 4.74 Å². The molecule has 4 heteroatoms. The Hall–Kier alpha value is -0.900. The fraction of sp³-hybridized carbons (Fsp3) is 0.800. The Labute approximate surface area is 82.6 Å². The Bertz CT molecular complexity index is 261. The zero-order chi connectivity index (χ0) is 10.1. The van der Waals surface area contributed by atoms with Crippen molar-refractivity contribution in [1.82, 2.24) is 0 Å². The third kappa shape index (κ3) is 1.80. The molecule has 4 nitrogen and oxygen atoms in total. The molecule has 1 saturated heterocycles. The number of ether oxygens (including phenoxy) is 2. The van der Waals surface area contributed by atoms with Crippen LogP contribution in [-0.4, -0.2) is 31.1 Å². The third-order valence-electron chi connectivity index (χ3n) is 3.02. The van der Waals surface area contributed by atoms with E-state index in [-0.39, 0.29) is 24.0 Å². The average molecular weight is 198 g/mol. The normalized spacial score (nSPS) is 34.9. The summed E-state index contributed by atoms with van der Waals surface area (Å²) in [4.78, 5) is 22.1. The second-order valence-corrected chi connectivity index (χ2v) is 3.90. The number of hydrogen-bond donors (Lipinski definition) is 0. The first kappa shape index (κ1) is 9.65. The molecule has 2 fully saturated rings. The highest BCUT2D eigenvalue weighted by Gasteiger charge is 2.52. The molecule has 1 saturated carbocycles. The summed E-state index contributed by atoms with van der Waals surface area (Å²) >= 11 is 0. The lowest BCUT2D eigenvalue weighted by molar-refractivity contribution is -0.141. The average Bonchev–Trinajstić information content (AvgIpc) is 2.97. The zero-order valence-electron chi connectivity index (χ0n) is 8.19. The van der Waals surface area contributed by atoms with Gasteiger partial charge in [-0.25, -0.2) is 0 Å². The van der Waals surface area contributed by atoms with Gasteiger partial charge < -0.3 is 9.47 Å². The molecule has 1 aliphatic heterocycles. The summed E-state index contributed by atoms with van der Waals surface area (Å²) in [6.45, 7) is 0. The van der Waals surface area contributed by atoms with Gasteiger partial charge >= 0.3 is 5.97 Å². The van der Waals surface area contributed by atoms with E-state index < -0.39 is 0 Å². The van der Waals surface area contributed by atoms with E-state index in [0.717, 1.165) is 12.8 Å². The van der Waals surface area contributed by atoms with Crippen molar-refractivity contribution in [2.45, 2.75) is 37.9 Å². The Morgan fingerprint density at radius 1 is 1.64 bits per heavy atom. The molecule has 2 aliphatic rings. The maximum atomic E-state index is 11.2. The van der Waals surface area contributed by atoms with Crippen molar-refractivity contribution in [2.24, 2.45) is 5.92 Å². The minimum Gasteiger partial charge on any atom is -0.469 e. The van der Waals surface area contributed by atoms with E-state index in [4.69, 9.17) is 4.74 Å². The number of carbonyl (C=O) groups excluding carboxylic acids is 2. The lowest BCUT2D eigenvalue weighted by Gasteiger charge is -2.16. The third-order valence-corrected chi connectivity index (χ3v) is 3.02. The summed E-state index contributed by atoms with van der Waals surface area (Å²) < 4.78 is 9.83. The molecule has 0 unspecified atom stereocenters. The van der Waals surface area contributed by atoms with Gasteiger partial charge in [-0.3, -0.25) is 9.59 Å². The first-order chi connectivity index (χ1) is 6.72. The Kier molecular flexibility index (Phi) is 2.54. The SMILES string of the molecule is COC(=O)CC[C@@H]1CCC(=O)[C@H]2O[C@@H]12. The van der Waals surface area contributed by atoms with Crippen LogP contribution in [0.2, 0.25) is 0 Å². The van der Waals surface area contributed by atoms with Gasteiger partial charge in [-0.15, -0.1) is 0 Å². The number of Topliss-reactive ketones (excluding diaryl/α,β-unsaturated/α-hetero) is 1. The molecule has 0 amide bonds. The van der Waals surface area contributed by atoms with Gasteiger partial charge in [0.1, 0.15) is 6.10 Å². The molecular formula is C10H14O4. The van der Waals surface area contributed by atoms with E-state index in [1.807, 2.05) is 0 Å². The van der Waals surface area contributed by atoms with Gasteiger partial charge in [0.25, 0.3) is 0 Å². The van der Waals surface area contributed by atoms with Crippen molar-refractivity contribution in [3.05, 3.63) is 0 Å². The molecule has 0 aromatic rings. The maximum absolute atomic E-state index is 11.2. The van der Waals surface area contributed by atoms with Crippen molar-refractivity contribution in [1.29, 1.82) is 0 Å². The first-order valence-electron chi connectivity index (χ1n) is 4.97. The van der Waals surface area contributed by atoms with Crippen molar-refractivity contribution in [3.63, 3.8) is 0 Å². The minimum atomic E-state index is -0.181. The molecule has 1 heterocycles. The summed E-state index contributed by atoms with van der Waals surface area (Å²) in [5.74, 6) is 0.417. The summed E-state index contributed by atoms with van der Waals surface area (Å²) in [6, 6.07) is 0. The highest BCUT2D eigenvalue weighted by atomic mass is 16.6. The van der Waals surface area contributed by atoms with Crippen LogP contribution in [0.25, 0.3) is 0 Å². The number of carbonyl (C=O) groups is 2. The fourth-order valence-electron chi connectivity index (χ4n) is 2.09. The van der Waals surface area contributed by atoms with Crippen molar-refractivity contribution >= 4 is 11.8 Å². The summed E-state index contributed by atoms with van der Waals surface area (Å²) in [5, 5.41) is 0. The van der Waals surface area contributed by atoms with Crippen LogP contribution in [0.1, 0.15) is 25.7 Å². The molecule has 0 N–H and O–H groups in total. The molecule has 0 radical (unpaired) electrons. The number of epoxide rings is 1. The van der Waals surface area contributed by atoms with Crippen molar-refractivity contribution in [2.75, 3.05) is 7.11 Å². The highest BCUT2D eigenvalue weighted by molar-refractivity contribution is 5.87. The monoisotopic (exact) mass is 198 g/mol. The molecule has 14 heavy (non-hydrogen) atoms. The molecule has 78 valence electrons. The van der Waals surface area contributed by atoms with Crippen LogP contribution in [0.3, 0.4) is 0 Å². The predicted octanol–water partition coefficient (Wildman–Crippen LogP) is 0.686. The van der Waals surface area contributed by atoms with E-state index in [1.165, 1.54) is 7.11 Å². The van der Waals surface area contributed by atoms with Crippen LogP contribution >= 0.6 is 0 Å². The molecule has 1 aliphatic carbocycles. The number of fused-ring (bicyclic) bond motifs is 1. The van der Waals surface area contributed by atoms with Gasteiger partial charge in [0.15, 0.2) is 5.78 Å². The van der Waals surface area contributed by atoms with E-state index in [9.17, 15) is 9.59 Å². The second-order valence-electron chi connectivity index (χ2n) is 3.90. The predicted molar refractivity (Wildman–Crippen MR) is 47.6 cm³/mol. The first-order valence-corrected chi connectivity index (χ1v) is 4.97. The lowest BCUT2D eigenvalue weighted by atomic mass is 9.85. The topological polar surface area (TPSA) is 55.9 Å². The van der Waals surface area contributed by atoms with Crippen molar-refractivity contribution in [3.8, 4) is 0 Å². The van der Waals surface area contributed by atoms with Gasteiger partial charge in [0.05, 0.1) is 13.2 Å². The number of hydrogen-bond acceptors (Lipinski definition) is 4. The van der Waals surface area contributed by atoms with Crippen LogP contribution in [0.4, 0.5) is 0 Å². The molecular weight excluding hydrogens is 184 g/mol. The summed E-state index contributed by atoms with van der Waals surface area (Å²) in [5.41, 5.74) is 0. The maximum Gasteiger partial charge on any atom is 0.305 e. The molecule has 3 atom stereocenters. The van der Waals surface area contributed by atoms with Gasteiger partial charge in [-0.05, 0) is 18.8 Å². The number of methoxy groups -OCH3 is 1. The van der Waals surface area contributed by atoms with Gasteiger partial charge in [-0.2, -0.15) is 0 Å². The summed E-state index contributed by atoms with van der Waals surface area (Å²) in [6.07, 6.45) is 2.62. The number of rotatable bonds is 3. The standard InChI is InChI=1S/C10H14O4/c1-13-8(12)5-3-6-2-4-7(11)10-9(6)14-10/h6,9-10H,2-5H2,1H3/t6-,9-,10+/m0/s1. The zero-order valence-corrected chi connectivity index (χ0v) is 8.19. The summed E-state index contributed by atoms with van der Waals surface area (Å²) in [7, 11) is 1.39. The Morgan fingerprint density at radius 3 is 3.14 bits per heavy atom. The largest absolute Gasteiger partial charge is 0.469 e. The molecule has 2 rings (SSSR count). The van der Waals surface area contributed by atoms with Crippen LogP contribution in [-0.2, 0) is 19.1 Å². The fourth-order valence-corrected chi connectivity index (χ4v) is 2.09. The lowest BCUT2D eigenvalue weighted by Crippen LogP contribution is -2.24. The van der Waals surface area contributed by atoms with Crippen LogP contribution in [0, 0.1) is 5.92 Å². The molecule has 0 bridgehead atoms. The van der Waals surface area contributed by atoms with E-state index >= 15 is 0 Å². The van der Waals surface area contributed by atoms with Crippen LogP contribution < -0.4 is 0 Å². The number of esters is 1. The molecule has 0 aromatic carbocycles. The van der Waals surface area contributed by atoms with Crippen LogP contribution in [0.15, 0.2) is 0 Å². The van der Waals surface area contributed by atoms with E-state index in [0.29, 0.717) is 18.8 Å². The molecule has 0 aromatic heterocycles. The number of ketones is 1. The Morgan fingerprint density at radius 2 is 2.43 bits per heavy atom. The Balaban J connectivity index is 1.77. The quantitative estimate of drug-likeness (QED) is 0.494. The smallest absolute Gasteiger partial charge is 0.305 e.